The highest BCUT2D eigenvalue weighted by molar-refractivity contribution is 7.16. The third kappa shape index (κ3) is 5.84. The van der Waals surface area contributed by atoms with E-state index < -0.39 is 0 Å². The molecule has 0 aliphatic rings. The van der Waals surface area contributed by atoms with Crippen LogP contribution in [0.3, 0.4) is 0 Å². The van der Waals surface area contributed by atoms with E-state index >= 15 is 0 Å². The summed E-state index contributed by atoms with van der Waals surface area (Å²) in [7, 11) is 0. The van der Waals surface area contributed by atoms with Gasteiger partial charge in [0.25, 0.3) is 5.91 Å². The van der Waals surface area contributed by atoms with Crippen molar-refractivity contribution in [1.82, 2.24) is 25.6 Å². The third-order valence-electron chi connectivity index (χ3n) is 2.61. The molecule has 6 nitrogen and oxygen atoms in total. The Morgan fingerprint density at radius 2 is 1.95 bits per heavy atom. The van der Waals surface area contributed by atoms with E-state index in [4.69, 9.17) is 0 Å². The number of carbonyl (C=O) groups excluding carboxylic acids is 1. The molecule has 0 aliphatic heterocycles. The number of likely N-dealkylation sites (N-methyl/N-ethyl adjacent to an activating group) is 1. The van der Waals surface area contributed by atoms with Gasteiger partial charge in [-0.15, -0.1) is 36.2 Å². The molecule has 122 valence electrons. The Morgan fingerprint density at radius 3 is 2.59 bits per heavy atom. The number of carbonyl (C=O) groups is 1. The summed E-state index contributed by atoms with van der Waals surface area (Å²) in [6, 6.07) is 1.99. The lowest BCUT2D eigenvalue weighted by molar-refractivity contribution is 0.0954. The predicted octanol–water partition coefficient (Wildman–Crippen LogP) is 2.17. The van der Waals surface area contributed by atoms with Crippen molar-refractivity contribution in [2.75, 3.05) is 13.1 Å². The monoisotopic (exact) mass is 363 g/mol. The zero-order chi connectivity index (χ0) is 14.4. The minimum Gasteiger partial charge on any atom is -0.350 e. The first-order valence-corrected chi connectivity index (χ1v) is 7.27. The Labute approximate surface area is 146 Å². The molecule has 0 aromatic carbocycles. The van der Waals surface area contributed by atoms with Crippen molar-refractivity contribution in [3.05, 3.63) is 29.5 Å². The lowest BCUT2D eigenvalue weighted by Crippen LogP contribution is -2.38. The smallest absolute Gasteiger partial charge is 0.263 e. The minimum atomic E-state index is -0.116. The van der Waals surface area contributed by atoms with Crippen molar-refractivity contribution in [3.63, 3.8) is 0 Å². The normalized spacial score (nSPS) is 11.0. The van der Waals surface area contributed by atoms with E-state index in [0.717, 1.165) is 6.54 Å². The van der Waals surface area contributed by atoms with Crippen LogP contribution in [0, 0.1) is 0 Å². The van der Waals surface area contributed by atoms with Crippen LogP contribution in [0.15, 0.2) is 24.7 Å². The first kappa shape index (κ1) is 20.7. The summed E-state index contributed by atoms with van der Waals surface area (Å²) in [4.78, 5) is 25.0. The van der Waals surface area contributed by atoms with E-state index in [9.17, 15) is 4.79 Å². The Balaban J connectivity index is 0.00000220. The average Bonchev–Trinajstić information content (AvgIpc) is 2.96. The second-order valence-corrected chi connectivity index (χ2v) is 5.30. The number of thiazole rings is 1. The SMILES string of the molecule is CCN[C@H](C)CNC(=O)c1cnc(-c2ncccn2)s1.Cl.Cl. The number of halogens is 2. The topological polar surface area (TPSA) is 79.8 Å². The molecule has 0 saturated heterocycles. The third-order valence-corrected chi connectivity index (χ3v) is 3.60. The van der Waals surface area contributed by atoms with Gasteiger partial charge in [-0.2, -0.15) is 0 Å². The van der Waals surface area contributed by atoms with Crippen molar-refractivity contribution < 1.29 is 4.79 Å². The number of nitrogens with zero attached hydrogens (tertiary/aromatic N) is 3. The van der Waals surface area contributed by atoms with Crippen molar-refractivity contribution >= 4 is 42.1 Å². The number of amides is 1. The summed E-state index contributed by atoms with van der Waals surface area (Å²) in [6.45, 7) is 5.53. The zero-order valence-corrected chi connectivity index (χ0v) is 14.7. The Kier molecular flexibility index (Phi) is 9.84. The number of aromatic nitrogens is 3. The van der Waals surface area contributed by atoms with E-state index in [2.05, 4.69) is 25.6 Å². The van der Waals surface area contributed by atoms with Crippen LogP contribution in [0.25, 0.3) is 10.8 Å². The van der Waals surface area contributed by atoms with Gasteiger partial charge in [-0.05, 0) is 19.5 Å². The summed E-state index contributed by atoms with van der Waals surface area (Å²) in [5.41, 5.74) is 0. The van der Waals surface area contributed by atoms with Crippen molar-refractivity contribution in [2.24, 2.45) is 0 Å². The first-order chi connectivity index (χ1) is 9.70. The van der Waals surface area contributed by atoms with Gasteiger partial charge in [0.2, 0.25) is 0 Å². The van der Waals surface area contributed by atoms with E-state index in [1.807, 2.05) is 13.8 Å². The van der Waals surface area contributed by atoms with E-state index in [1.54, 1.807) is 24.7 Å². The van der Waals surface area contributed by atoms with Crippen molar-refractivity contribution in [3.8, 4) is 10.8 Å². The lowest BCUT2D eigenvalue weighted by atomic mass is 10.3. The molecule has 1 amide bonds. The predicted molar refractivity (Wildman–Crippen MR) is 93.1 cm³/mol. The second-order valence-electron chi connectivity index (χ2n) is 4.27. The van der Waals surface area contributed by atoms with E-state index in [-0.39, 0.29) is 36.8 Å². The van der Waals surface area contributed by atoms with Crippen molar-refractivity contribution in [2.45, 2.75) is 19.9 Å². The molecular formula is C13H19Cl2N5OS. The molecule has 2 N–H and O–H groups in total. The zero-order valence-electron chi connectivity index (χ0n) is 12.3. The minimum absolute atomic E-state index is 0. The van der Waals surface area contributed by atoms with E-state index in [0.29, 0.717) is 22.3 Å². The summed E-state index contributed by atoms with van der Waals surface area (Å²) >= 11 is 1.29. The van der Waals surface area contributed by atoms with Crippen LogP contribution in [0.4, 0.5) is 0 Å². The van der Waals surface area contributed by atoms with Gasteiger partial charge in [-0.3, -0.25) is 4.79 Å². The summed E-state index contributed by atoms with van der Waals surface area (Å²) < 4.78 is 0. The maximum Gasteiger partial charge on any atom is 0.263 e. The number of rotatable bonds is 6. The van der Waals surface area contributed by atoms with Gasteiger partial charge < -0.3 is 10.6 Å². The van der Waals surface area contributed by atoms with Gasteiger partial charge in [0, 0.05) is 25.0 Å². The summed E-state index contributed by atoms with van der Waals surface area (Å²) in [6.07, 6.45) is 4.87. The Hall–Kier alpha value is -1.28. The lowest BCUT2D eigenvalue weighted by Gasteiger charge is -2.12. The standard InChI is InChI=1S/C13H17N5OS.2ClH/c1-3-14-9(2)7-17-12(19)10-8-18-13(20-10)11-15-5-4-6-16-11;;/h4-6,8-9,14H,3,7H2,1-2H3,(H,17,19);2*1H/t9-;;/m1../s1. The summed E-state index contributed by atoms with van der Waals surface area (Å²) in [5.74, 6) is 0.423. The van der Waals surface area contributed by atoms with Gasteiger partial charge in [0.1, 0.15) is 4.88 Å². The summed E-state index contributed by atoms with van der Waals surface area (Å²) in [5, 5.41) is 6.76. The molecule has 1 atom stereocenters. The fourth-order valence-corrected chi connectivity index (χ4v) is 2.43. The molecular weight excluding hydrogens is 345 g/mol. The maximum atomic E-state index is 12.0. The highest BCUT2D eigenvalue weighted by atomic mass is 35.5. The van der Waals surface area contributed by atoms with Crippen LogP contribution in [-0.2, 0) is 0 Å². The molecule has 0 bridgehead atoms. The molecule has 9 heteroatoms. The van der Waals surface area contributed by atoms with Gasteiger partial charge in [-0.1, -0.05) is 6.92 Å². The average molecular weight is 364 g/mol. The Morgan fingerprint density at radius 1 is 1.27 bits per heavy atom. The molecule has 0 spiro atoms. The van der Waals surface area contributed by atoms with Gasteiger partial charge in [0.15, 0.2) is 10.8 Å². The molecule has 0 fully saturated rings. The quantitative estimate of drug-likeness (QED) is 0.821. The number of hydrogen-bond acceptors (Lipinski definition) is 6. The maximum absolute atomic E-state index is 12.0. The number of nitrogens with one attached hydrogen (secondary N) is 2. The number of hydrogen-bond donors (Lipinski definition) is 2. The van der Waals surface area contributed by atoms with Crippen LogP contribution < -0.4 is 10.6 Å². The first-order valence-electron chi connectivity index (χ1n) is 6.45. The fourth-order valence-electron chi connectivity index (χ4n) is 1.65. The molecule has 2 heterocycles. The van der Waals surface area contributed by atoms with E-state index in [1.165, 1.54) is 11.3 Å². The van der Waals surface area contributed by atoms with Crippen LogP contribution in [0.2, 0.25) is 0 Å². The van der Waals surface area contributed by atoms with Crippen LogP contribution >= 0.6 is 36.2 Å². The van der Waals surface area contributed by atoms with Crippen LogP contribution in [0.5, 0.6) is 0 Å². The van der Waals surface area contributed by atoms with Gasteiger partial charge in [-0.25, -0.2) is 15.0 Å². The van der Waals surface area contributed by atoms with Gasteiger partial charge >= 0.3 is 0 Å². The van der Waals surface area contributed by atoms with Crippen LogP contribution in [0.1, 0.15) is 23.5 Å². The highest BCUT2D eigenvalue weighted by Gasteiger charge is 2.13. The molecule has 2 aromatic rings. The second kappa shape index (κ2) is 10.4. The largest absolute Gasteiger partial charge is 0.350 e. The molecule has 0 radical (unpaired) electrons. The highest BCUT2D eigenvalue weighted by Crippen LogP contribution is 2.21. The van der Waals surface area contributed by atoms with Gasteiger partial charge in [0.05, 0.1) is 6.20 Å². The molecule has 22 heavy (non-hydrogen) atoms. The molecule has 2 aromatic heterocycles. The van der Waals surface area contributed by atoms with Crippen LogP contribution in [-0.4, -0.2) is 40.0 Å². The molecule has 0 unspecified atom stereocenters. The molecule has 2 rings (SSSR count). The molecule has 0 saturated carbocycles. The fraction of sp³-hybridized carbons (Fsp3) is 0.385. The molecule has 0 aliphatic carbocycles. The van der Waals surface area contributed by atoms with Crippen molar-refractivity contribution in [1.29, 1.82) is 0 Å². The Bertz CT molecular complexity index is 567.